The van der Waals surface area contributed by atoms with E-state index in [2.05, 4.69) is 0 Å². The Hall–Kier alpha value is -1.69. The van der Waals surface area contributed by atoms with Gasteiger partial charge in [-0.1, -0.05) is 11.8 Å². The average Bonchev–Trinajstić information content (AvgIpc) is 2.60. The van der Waals surface area contributed by atoms with Gasteiger partial charge in [-0.15, -0.1) is 0 Å². The van der Waals surface area contributed by atoms with Gasteiger partial charge in [0.2, 0.25) is 5.91 Å². The molecule has 1 heterocycles. The molecule has 0 radical (unpaired) electrons. The maximum Gasteiger partial charge on any atom is 0.289 e. The van der Waals surface area contributed by atoms with Crippen molar-refractivity contribution in [3.63, 3.8) is 0 Å². The van der Waals surface area contributed by atoms with Gasteiger partial charge in [0.25, 0.3) is 5.24 Å². The number of hydrogen-bond acceptors (Lipinski definition) is 5. The SMILES string of the molecule is COc1cc(N)cc(CN2C(=O)CSC2=O)c1. The van der Waals surface area contributed by atoms with Crippen molar-refractivity contribution in [2.45, 2.75) is 6.54 Å². The van der Waals surface area contributed by atoms with Gasteiger partial charge in [-0.05, 0) is 17.7 Å². The number of benzene rings is 1. The summed E-state index contributed by atoms with van der Waals surface area (Å²) in [4.78, 5) is 24.1. The van der Waals surface area contributed by atoms with Crippen molar-refractivity contribution in [3.8, 4) is 5.75 Å². The summed E-state index contributed by atoms with van der Waals surface area (Å²) < 4.78 is 5.08. The van der Waals surface area contributed by atoms with Gasteiger partial charge in [0.1, 0.15) is 5.75 Å². The molecule has 0 aliphatic carbocycles. The van der Waals surface area contributed by atoms with Crippen LogP contribution in [0.15, 0.2) is 18.2 Å². The third-order valence-electron chi connectivity index (χ3n) is 2.41. The summed E-state index contributed by atoms with van der Waals surface area (Å²) in [6.07, 6.45) is 0. The maximum absolute atomic E-state index is 11.5. The third-order valence-corrected chi connectivity index (χ3v) is 3.26. The molecule has 0 spiro atoms. The van der Waals surface area contributed by atoms with Crippen molar-refractivity contribution in [2.24, 2.45) is 0 Å². The van der Waals surface area contributed by atoms with E-state index in [1.165, 1.54) is 4.90 Å². The second kappa shape index (κ2) is 4.67. The number of methoxy groups -OCH3 is 1. The van der Waals surface area contributed by atoms with Crippen LogP contribution < -0.4 is 10.5 Å². The van der Waals surface area contributed by atoms with Crippen molar-refractivity contribution in [1.29, 1.82) is 0 Å². The number of thioether (sulfide) groups is 1. The van der Waals surface area contributed by atoms with E-state index in [9.17, 15) is 9.59 Å². The van der Waals surface area contributed by atoms with Crippen molar-refractivity contribution in [3.05, 3.63) is 23.8 Å². The van der Waals surface area contributed by atoms with Crippen molar-refractivity contribution in [2.75, 3.05) is 18.6 Å². The van der Waals surface area contributed by atoms with Crippen LogP contribution in [-0.4, -0.2) is 28.9 Å². The van der Waals surface area contributed by atoms with Crippen LogP contribution >= 0.6 is 11.8 Å². The Morgan fingerprint density at radius 1 is 1.41 bits per heavy atom. The zero-order valence-electron chi connectivity index (χ0n) is 9.30. The van der Waals surface area contributed by atoms with E-state index in [-0.39, 0.29) is 23.4 Å². The highest BCUT2D eigenvalue weighted by molar-refractivity contribution is 8.14. The van der Waals surface area contributed by atoms with E-state index in [4.69, 9.17) is 10.5 Å². The Balaban J connectivity index is 2.20. The van der Waals surface area contributed by atoms with Crippen LogP contribution in [0.3, 0.4) is 0 Å². The van der Waals surface area contributed by atoms with Crippen LogP contribution in [-0.2, 0) is 11.3 Å². The molecule has 2 N–H and O–H groups in total. The zero-order valence-corrected chi connectivity index (χ0v) is 10.1. The molecule has 5 nitrogen and oxygen atoms in total. The fraction of sp³-hybridized carbons (Fsp3) is 0.273. The molecule has 1 aliphatic rings. The predicted molar refractivity (Wildman–Crippen MR) is 65.8 cm³/mol. The number of carbonyl (C=O) groups is 2. The second-order valence-corrected chi connectivity index (χ2v) is 4.58. The first-order valence-corrected chi connectivity index (χ1v) is 5.99. The van der Waals surface area contributed by atoms with E-state index in [1.807, 2.05) is 0 Å². The van der Waals surface area contributed by atoms with Gasteiger partial charge in [0.15, 0.2) is 0 Å². The summed E-state index contributed by atoms with van der Waals surface area (Å²) >= 11 is 1.02. The van der Waals surface area contributed by atoms with Crippen LogP contribution in [0.1, 0.15) is 5.56 Å². The molecule has 1 aliphatic heterocycles. The minimum absolute atomic E-state index is 0.165. The number of carbonyl (C=O) groups excluding carboxylic acids is 2. The number of nitrogens with two attached hydrogens (primary N) is 1. The van der Waals surface area contributed by atoms with E-state index in [0.29, 0.717) is 11.4 Å². The van der Waals surface area contributed by atoms with Crippen LogP contribution in [0.4, 0.5) is 10.5 Å². The lowest BCUT2D eigenvalue weighted by molar-refractivity contribution is -0.125. The van der Waals surface area contributed by atoms with Crippen molar-refractivity contribution >= 4 is 28.6 Å². The number of hydrogen-bond donors (Lipinski definition) is 1. The number of imide groups is 1. The highest BCUT2D eigenvalue weighted by Gasteiger charge is 2.29. The molecule has 90 valence electrons. The average molecular weight is 252 g/mol. The minimum atomic E-state index is -0.212. The predicted octanol–water partition coefficient (Wildman–Crippen LogP) is 1.47. The van der Waals surface area contributed by atoms with Gasteiger partial charge in [-0.3, -0.25) is 14.5 Å². The van der Waals surface area contributed by atoms with Gasteiger partial charge >= 0.3 is 0 Å². The molecule has 0 atom stereocenters. The summed E-state index contributed by atoms with van der Waals surface area (Å²) in [5.74, 6) is 0.673. The summed E-state index contributed by atoms with van der Waals surface area (Å²) in [6, 6.07) is 5.18. The fourth-order valence-corrected chi connectivity index (χ4v) is 2.34. The second-order valence-electron chi connectivity index (χ2n) is 3.65. The molecule has 1 saturated heterocycles. The first-order valence-electron chi connectivity index (χ1n) is 5.00. The van der Waals surface area contributed by atoms with Gasteiger partial charge in [0, 0.05) is 11.8 Å². The minimum Gasteiger partial charge on any atom is -0.497 e. The molecule has 1 aromatic rings. The molecule has 1 aromatic carbocycles. The molecule has 2 rings (SSSR count). The monoisotopic (exact) mass is 252 g/mol. The first kappa shape index (κ1) is 11.8. The van der Waals surface area contributed by atoms with Crippen LogP contribution in [0, 0.1) is 0 Å². The molecular weight excluding hydrogens is 240 g/mol. The first-order chi connectivity index (χ1) is 8.10. The summed E-state index contributed by atoms with van der Waals surface area (Å²) in [5, 5.41) is -0.212. The smallest absolute Gasteiger partial charge is 0.289 e. The Kier molecular flexibility index (Phi) is 3.23. The molecule has 0 bridgehead atoms. The lowest BCUT2D eigenvalue weighted by atomic mass is 10.2. The molecule has 1 fully saturated rings. The third kappa shape index (κ3) is 2.52. The summed E-state index contributed by atoms with van der Waals surface area (Å²) in [7, 11) is 1.54. The highest BCUT2D eigenvalue weighted by Crippen LogP contribution is 2.24. The molecule has 2 amide bonds. The van der Waals surface area contributed by atoms with E-state index >= 15 is 0 Å². The highest BCUT2D eigenvalue weighted by atomic mass is 32.2. The number of anilines is 1. The Morgan fingerprint density at radius 3 is 2.76 bits per heavy atom. The van der Waals surface area contributed by atoms with E-state index < -0.39 is 0 Å². The van der Waals surface area contributed by atoms with Crippen LogP contribution in [0.25, 0.3) is 0 Å². The van der Waals surface area contributed by atoms with Gasteiger partial charge in [0.05, 0.1) is 19.4 Å². The molecule has 0 saturated carbocycles. The van der Waals surface area contributed by atoms with Gasteiger partial charge in [-0.2, -0.15) is 0 Å². The normalized spacial score (nSPS) is 15.5. The fourth-order valence-electron chi connectivity index (χ4n) is 1.61. The Labute approximate surface area is 103 Å². The molecule has 0 unspecified atom stereocenters. The summed E-state index contributed by atoms with van der Waals surface area (Å²) in [6.45, 7) is 0.242. The van der Waals surface area contributed by atoms with Crippen molar-refractivity contribution in [1.82, 2.24) is 4.90 Å². The lowest BCUT2D eigenvalue weighted by Crippen LogP contribution is -2.27. The van der Waals surface area contributed by atoms with E-state index in [0.717, 1.165) is 17.3 Å². The summed E-state index contributed by atoms with van der Waals surface area (Å²) in [5.41, 5.74) is 7.04. The molecule has 17 heavy (non-hydrogen) atoms. The van der Waals surface area contributed by atoms with E-state index in [1.54, 1.807) is 25.3 Å². The Bertz CT molecular complexity index is 460. The number of nitrogen functional groups attached to an aromatic ring is 1. The molecular formula is C11H12N2O3S. The number of ether oxygens (including phenoxy) is 1. The van der Waals surface area contributed by atoms with Gasteiger partial charge < -0.3 is 10.5 Å². The lowest BCUT2D eigenvalue weighted by Gasteiger charge is -2.14. The number of nitrogens with zero attached hydrogens (tertiary/aromatic N) is 1. The number of rotatable bonds is 3. The van der Waals surface area contributed by atoms with Crippen LogP contribution in [0.5, 0.6) is 5.75 Å². The maximum atomic E-state index is 11.5. The quantitative estimate of drug-likeness (QED) is 0.825. The molecule has 0 aromatic heterocycles. The van der Waals surface area contributed by atoms with Crippen LogP contribution in [0.2, 0.25) is 0 Å². The van der Waals surface area contributed by atoms with Gasteiger partial charge in [-0.25, -0.2) is 0 Å². The molecule has 6 heteroatoms. The largest absolute Gasteiger partial charge is 0.497 e. The standard InChI is InChI=1S/C11H12N2O3S/c1-16-9-3-7(2-8(12)4-9)5-13-10(14)6-17-11(13)15/h2-4H,5-6,12H2,1H3. The topological polar surface area (TPSA) is 72.6 Å². The zero-order chi connectivity index (χ0) is 12.4. The Morgan fingerprint density at radius 2 is 2.18 bits per heavy atom. The van der Waals surface area contributed by atoms with Crippen molar-refractivity contribution < 1.29 is 14.3 Å². The number of amides is 2.